The number of carboxylic acids is 1. The highest BCUT2D eigenvalue weighted by molar-refractivity contribution is 5.80. The Kier molecular flexibility index (Phi) is 6.71. The van der Waals surface area contributed by atoms with Crippen LogP contribution in [0.25, 0.3) is 5.57 Å². The van der Waals surface area contributed by atoms with Gasteiger partial charge in [-0.15, -0.1) is 0 Å². The molecular formula is C21H24O6. The third-order valence-electron chi connectivity index (χ3n) is 4.34. The molecule has 0 radical (unpaired) electrons. The fourth-order valence-corrected chi connectivity index (χ4v) is 3.16. The minimum absolute atomic E-state index is 0.00787. The van der Waals surface area contributed by atoms with Gasteiger partial charge in [0.05, 0.1) is 12.9 Å². The third kappa shape index (κ3) is 5.41. The van der Waals surface area contributed by atoms with E-state index in [1.165, 1.54) is 31.4 Å². The largest absolute Gasteiger partial charge is 0.512 e. The van der Waals surface area contributed by atoms with Crippen LogP contribution in [-0.2, 0) is 9.53 Å². The van der Waals surface area contributed by atoms with Crippen molar-refractivity contribution in [2.45, 2.75) is 26.2 Å². The number of aromatic hydroxyl groups is 2. The van der Waals surface area contributed by atoms with E-state index in [1.54, 1.807) is 6.08 Å². The summed E-state index contributed by atoms with van der Waals surface area (Å²) in [5.74, 6) is -0.654. The molecule has 1 atom stereocenters. The van der Waals surface area contributed by atoms with E-state index < -0.39 is 5.97 Å². The molecular weight excluding hydrogens is 348 g/mol. The quantitative estimate of drug-likeness (QED) is 0.257. The number of aliphatic hydroxyl groups is 1. The van der Waals surface area contributed by atoms with E-state index in [-0.39, 0.29) is 23.2 Å². The number of carbonyl (C=O) groups is 1. The van der Waals surface area contributed by atoms with E-state index >= 15 is 0 Å². The Balaban J connectivity index is 2.40. The number of hydrogen-bond donors (Lipinski definition) is 4. The maximum atomic E-state index is 10.7. The van der Waals surface area contributed by atoms with Gasteiger partial charge >= 0.3 is 5.97 Å². The Morgan fingerprint density at radius 3 is 2.63 bits per heavy atom. The topological polar surface area (TPSA) is 107 Å². The highest BCUT2D eigenvalue weighted by Gasteiger charge is 2.25. The second kappa shape index (κ2) is 8.98. The number of ether oxygens (including phenoxy) is 1. The van der Waals surface area contributed by atoms with Crippen LogP contribution >= 0.6 is 0 Å². The van der Waals surface area contributed by atoms with Crippen LogP contribution in [0.2, 0.25) is 0 Å². The summed E-state index contributed by atoms with van der Waals surface area (Å²) >= 11 is 0. The Morgan fingerprint density at radius 1 is 1.22 bits per heavy atom. The second-order valence-corrected chi connectivity index (χ2v) is 6.39. The molecule has 2 rings (SSSR count). The molecule has 27 heavy (non-hydrogen) atoms. The number of hydrogen-bond acceptors (Lipinski definition) is 5. The van der Waals surface area contributed by atoms with Crippen LogP contribution in [0.3, 0.4) is 0 Å². The number of carboxylic acid groups (broad SMARTS) is 1. The Hall–Kier alpha value is -3.15. The second-order valence-electron chi connectivity index (χ2n) is 6.39. The third-order valence-corrected chi connectivity index (χ3v) is 4.34. The average molecular weight is 372 g/mol. The predicted molar refractivity (Wildman–Crippen MR) is 102 cm³/mol. The zero-order chi connectivity index (χ0) is 20.0. The molecule has 1 aromatic carbocycles. The molecule has 6 nitrogen and oxygen atoms in total. The fourth-order valence-electron chi connectivity index (χ4n) is 3.16. The van der Waals surface area contributed by atoms with E-state index in [4.69, 9.17) is 9.84 Å². The summed E-state index contributed by atoms with van der Waals surface area (Å²) in [6, 6.07) is 4.22. The monoisotopic (exact) mass is 372 g/mol. The molecule has 0 aromatic heterocycles. The van der Waals surface area contributed by atoms with E-state index in [0.717, 1.165) is 24.5 Å². The summed E-state index contributed by atoms with van der Waals surface area (Å²) < 4.78 is 5.16. The molecule has 0 bridgehead atoms. The maximum Gasteiger partial charge on any atom is 0.328 e. The normalized spacial score (nSPS) is 18.8. The summed E-state index contributed by atoms with van der Waals surface area (Å²) in [6.45, 7) is 1.85. The first-order valence-electron chi connectivity index (χ1n) is 8.61. The molecule has 0 amide bonds. The minimum Gasteiger partial charge on any atom is -0.512 e. The number of allylic oxidation sites excluding steroid dienone is 6. The van der Waals surface area contributed by atoms with Crippen LogP contribution in [-0.4, -0.2) is 33.5 Å². The molecule has 0 saturated heterocycles. The molecule has 0 saturated carbocycles. The number of methoxy groups -OCH3 is 1. The molecule has 0 heterocycles. The number of aliphatic hydroxyl groups excluding tert-OH is 1. The van der Waals surface area contributed by atoms with Crippen molar-refractivity contribution in [1.82, 2.24) is 0 Å². The molecule has 1 aliphatic rings. The standard InChI is InChI=1S/C21H24O6/c1-13(11-16(27-2)7-9-20(25)26)10-14-4-3-5-19(24)21(14)17-12-15(22)6-8-18(17)23/h6-12,14,22-24H,3-5H2,1-2H3,(H,25,26). The van der Waals surface area contributed by atoms with E-state index in [9.17, 15) is 20.1 Å². The summed E-state index contributed by atoms with van der Waals surface area (Å²) in [4.78, 5) is 10.7. The summed E-state index contributed by atoms with van der Waals surface area (Å²) in [5.41, 5.74) is 1.81. The molecule has 1 unspecified atom stereocenters. The van der Waals surface area contributed by atoms with Crippen LogP contribution < -0.4 is 0 Å². The van der Waals surface area contributed by atoms with Crippen LogP contribution in [0.4, 0.5) is 0 Å². The van der Waals surface area contributed by atoms with Crippen LogP contribution in [0, 0.1) is 5.92 Å². The van der Waals surface area contributed by atoms with Crippen LogP contribution in [0.1, 0.15) is 31.7 Å². The van der Waals surface area contributed by atoms with Gasteiger partial charge in [-0.05, 0) is 50.1 Å². The van der Waals surface area contributed by atoms with Gasteiger partial charge in [-0.1, -0.05) is 11.6 Å². The Labute approximate surface area is 158 Å². The lowest BCUT2D eigenvalue weighted by Crippen LogP contribution is -2.10. The van der Waals surface area contributed by atoms with Gasteiger partial charge in [0.25, 0.3) is 0 Å². The molecule has 1 aliphatic carbocycles. The van der Waals surface area contributed by atoms with Crippen molar-refractivity contribution in [1.29, 1.82) is 0 Å². The average Bonchev–Trinajstić information content (AvgIpc) is 2.61. The fraction of sp³-hybridized carbons (Fsp3) is 0.286. The number of aliphatic carboxylic acids is 1. The molecule has 144 valence electrons. The van der Waals surface area contributed by atoms with Gasteiger partial charge in [0.1, 0.15) is 17.3 Å². The Morgan fingerprint density at radius 2 is 1.96 bits per heavy atom. The first-order valence-corrected chi connectivity index (χ1v) is 8.61. The van der Waals surface area contributed by atoms with Gasteiger partial charge in [0.2, 0.25) is 0 Å². The zero-order valence-corrected chi connectivity index (χ0v) is 15.3. The highest BCUT2D eigenvalue weighted by Crippen LogP contribution is 2.41. The van der Waals surface area contributed by atoms with Crippen molar-refractivity contribution in [2.75, 3.05) is 7.11 Å². The summed E-state index contributed by atoms with van der Waals surface area (Å²) in [5, 5.41) is 39.1. The highest BCUT2D eigenvalue weighted by atomic mass is 16.5. The molecule has 0 aliphatic heterocycles. The molecule has 0 fully saturated rings. The van der Waals surface area contributed by atoms with Crippen LogP contribution in [0.15, 0.2) is 59.6 Å². The molecule has 4 N–H and O–H groups in total. The van der Waals surface area contributed by atoms with E-state index in [0.29, 0.717) is 23.3 Å². The molecule has 0 spiro atoms. The smallest absolute Gasteiger partial charge is 0.328 e. The maximum absolute atomic E-state index is 10.7. The lowest BCUT2D eigenvalue weighted by atomic mass is 9.81. The number of rotatable bonds is 6. The van der Waals surface area contributed by atoms with Gasteiger partial charge in [-0.2, -0.15) is 0 Å². The van der Waals surface area contributed by atoms with Gasteiger partial charge in [0, 0.05) is 29.6 Å². The number of phenols is 2. The number of benzene rings is 1. The van der Waals surface area contributed by atoms with Crippen molar-refractivity contribution in [3.05, 3.63) is 65.2 Å². The van der Waals surface area contributed by atoms with Gasteiger partial charge < -0.3 is 25.2 Å². The lowest BCUT2D eigenvalue weighted by molar-refractivity contribution is -0.131. The van der Waals surface area contributed by atoms with Gasteiger partial charge in [-0.3, -0.25) is 0 Å². The van der Waals surface area contributed by atoms with E-state index in [1.807, 2.05) is 13.0 Å². The first-order chi connectivity index (χ1) is 12.8. The van der Waals surface area contributed by atoms with Gasteiger partial charge in [0.15, 0.2) is 0 Å². The molecule has 1 aromatic rings. The van der Waals surface area contributed by atoms with E-state index in [2.05, 4.69) is 0 Å². The lowest BCUT2D eigenvalue weighted by Gasteiger charge is -2.25. The van der Waals surface area contributed by atoms with Crippen molar-refractivity contribution >= 4 is 11.5 Å². The van der Waals surface area contributed by atoms with Gasteiger partial charge in [-0.25, -0.2) is 4.79 Å². The van der Waals surface area contributed by atoms with Crippen molar-refractivity contribution < 1.29 is 30.0 Å². The van der Waals surface area contributed by atoms with Crippen molar-refractivity contribution in [3.63, 3.8) is 0 Å². The van der Waals surface area contributed by atoms with Crippen molar-refractivity contribution in [3.8, 4) is 11.5 Å². The Bertz CT molecular complexity index is 829. The number of phenolic OH excluding ortho intramolecular Hbond substituents is 2. The zero-order valence-electron chi connectivity index (χ0n) is 15.3. The first kappa shape index (κ1) is 20.2. The van der Waals surface area contributed by atoms with Crippen molar-refractivity contribution in [2.24, 2.45) is 5.92 Å². The SMILES string of the molecule is COC(C=CC(=O)O)=CC(C)=CC1CCCC(O)=C1c1cc(O)ccc1O. The summed E-state index contributed by atoms with van der Waals surface area (Å²) in [7, 11) is 1.45. The van der Waals surface area contributed by atoms with Crippen LogP contribution in [0.5, 0.6) is 11.5 Å². The predicted octanol–water partition coefficient (Wildman–Crippen LogP) is 4.28. The minimum atomic E-state index is -1.07. The molecule has 6 heteroatoms. The summed E-state index contributed by atoms with van der Waals surface area (Å²) in [6.07, 6.45) is 8.05.